The van der Waals surface area contributed by atoms with Gasteiger partial charge >= 0.3 is 5.97 Å². The van der Waals surface area contributed by atoms with Gasteiger partial charge in [0.15, 0.2) is 0 Å². The number of ether oxygens (including phenoxy) is 1. The molecule has 176 valence electrons. The van der Waals surface area contributed by atoms with Gasteiger partial charge in [0.05, 0.1) is 6.42 Å². The summed E-state index contributed by atoms with van der Waals surface area (Å²) in [5.41, 5.74) is 6.03. The number of phenolic OH excluding ortho intramolecular Hbond substituents is 1. The summed E-state index contributed by atoms with van der Waals surface area (Å²) in [6.07, 6.45) is 4.02. The van der Waals surface area contributed by atoms with Crippen molar-refractivity contribution < 1.29 is 14.6 Å². The molecule has 3 heteroatoms. The summed E-state index contributed by atoms with van der Waals surface area (Å²) in [6, 6.07) is 8.39. The van der Waals surface area contributed by atoms with E-state index in [1.807, 2.05) is 26.0 Å². The molecule has 0 fully saturated rings. The molecule has 0 saturated carbocycles. The number of unbranched alkanes of at least 4 members (excludes halogenated alkanes) is 1. The highest BCUT2D eigenvalue weighted by Crippen LogP contribution is 2.36. The van der Waals surface area contributed by atoms with Crippen molar-refractivity contribution in [2.75, 3.05) is 0 Å². The van der Waals surface area contributed by atoms with E-state index < -0.39 is 0 Å². The maximum atomic E-state index is 12.8. The fraction of sp³-hybridized carbons (Fsp3) is 0.552. The van der Waals surface area contributed by atoms with Crippen LogP contribution in [0.3, 0.4) is 0 Å². The van der Waals surface area contributed by atoms with Crippen molar-refractivity contribution in [1.29, 1.82) is 0 Å². The number of carbonyl (C=O) groups excluding carboxylic acids is 1. The number of hydrogen-bond donors (Lipinski definition) is 1. The summed E-state index contributed by atoms with van der Waals surface area (Å²) >= 11 is 0. The third kappa shape index (κ3) is 6.60. The summed E-state index contributed by atoms with van der Waals surface area (Å²) in [5, 5.41) is 10.5. The molecule has 0 spiro atoms. The first kappa shape index (κ1) is 26.0. The predicted octanol–water partition coefficient (Wildman–Crippen LogP) is 7.48. The average molecular weight is 439 g/mol. The Kier molecular flexibility index (Phi) is 8.20. The van der Waals surface area contributed by atoms with Crippen LogP contribution in [0, 0.1) is 13.8 Å². The monoisotopic (exact) mass is 438 g/mol. The van der Waals surface area contributed by atoms with Gasteiger partial charge < -0.3 is 9.84 Å². The van der Waals surface area contributed by atoms with Crippen molar-refractivity contribution in [3.8, 4) is 11.5 Å². The Morgan fingerprint density at radius 3 is 2.12 bits per heavy atom. The zero-order chi connectivity index (χ0) is 24.3. The Balaban J connectivity index is 2.24. The van der Waals surface area contributed by atoms with Crippen LogP contribution in [-0.4, -0.2) is 11.1 Å². The summed E-state index contributed by atoms with van der Waals surface area (Å²) in [7, 11) is 0. The van der Waals surface area contributed by atoms with E-state index in [1.165, 1.54) is 5.56 Å². The molecule has 0 aliphatic carbocycles. The molecule has 0 atom stereocenters. The maximum Gasteiger partial charge on any atom is 0.311 e. The Bertz CT molecular complexity index is 956. The lowest BCUT2D eigenvalue weighted by atomic mass is 9.83. The van der Waals surface area contributed by atoms with Gasteiger partial charge in [-0.3, -0.25) is 4.79 Å². The largest absolute Gasteiger partial charge is 0.507 e. The zero-order valence-corrected chi connectivity index (χ0v) is 21.6. The number of benzene rings is 2. The SMILES string of the molecule is CCCCc1cc(C)c(OC(=O)CCc2cc(C(C)(C)C)cc(C)c2O)c(C(C)(C)C)c1. The fourth-order valence-electron chi connectivity index (χ4n) is 3.94. The van der Waals surface area contributed by atoms with Crippen molar-refractivity contribution in [1.82, 2.24) is 0 Å². The minimum atomic E-state index is -0.266. The van der Waals surface area contributed by atoms with E-state index in [0.29, 0.717) is 12.2 Å². The van der Waals surface area contributed by atoms with Gasteiger partial charge in [-0.05, 0) is 71.8 Å². The maximum absolute atomic E-state index is 12.8. The zero-order valence-electron chi connectivity index (χ0n) is 21.6. The lowest BCUT2D eigenvalue weighted by molar-refractivity contribution is -0.134. The second-order valence-corrected chi connectivity index (χ2v) is 11.2. The van der Waals surface area contributed by atoms with Crippen LogP contribution >= 0.6 is 0 Å². The minimum absolute atomic E-state index is 0.0219. The molecule has 2 aromatic rings. The second kappa shape index (κ2) is 10.1. The lowest BCUT2D eigenvalue weighted by Gasteiger charge is -2.25. The molecule has 0 unspecified atom stereocenters. The molecule has 0 aliphatic rings. The predicted molar refractivity (Wildman–Crippen MR) is 134 cm³/mol. The number of carbonyl (C=O) groups is 1. The number of phenols is 1. The van der Waals surface area contributed by atoms with Gasteiger partial charge in [-0.1, -0.05) is 79.2 Å². The van der Waals surface area contributed by atoms with Crippen LogP contribution in [0.4, 0.5) is 0 Å². The van der Waals surface area contributed by atoms with Crippen molar-refractivity contribution in [3.05, 3.63) is 57.6 Å². The standard InChI is InChI=1S/C29H42O3/c1-10-11-12-21-15-20(3)27(24(17-21)29(7,8)9)32-25(30)14-13-22-18-23(28(4,5)6)16-19(2)26(22)31/h15-18,31H,10-14H2,1-9H3. The van der Waals surface area contributed by atoms with E-state index in [1.54, 1.807) is 0 Å². The molecule has 1 N–H and O–H groups in total. The molecule has 0 amide bonds. The van der Waals surface area contributed by atoms with Gasteiger partial charge in [0.1, 0.15) is 11.5 Å². The number of aromatic hydroxyl groups is 1. The molecule has 2 aromatic carbocycles. The number of aryl methyl sites for hydroxylation is 4. The number of hydrogen-bond acceptors (Lipinski definition) is 3. The smallest absolute Gasteiger partial charge is 0.311 e. The van der Waals surface area contributed by atoms with Crippen molar-refractivity contribution in [2.45, 2.75) is 105 Å². The van der Waals surface area contributed by atoms with Crippen LogP contribution in [0.5, 0.6) is 11.5 Å². The molecular formula is C29H42O3. The number of esters is 1. The van der Waals surface area contributed by atoms with E-state index in [0.717, 1.165) is 47.1 Å². The Morgan fingerprint density at radius 2 is 1.56 bits per heavy atom. The second-order valence-electron chi connectivity index (χ2n) is 11.2. The highest BCUT2D eigenvalue weighted by atomic mass is 16.5. The van der Waals surface area contributed by atoms with Crippen LogP contribution in [0.25, 0.3) is 0 Å². The third-order valence-corrected chi connectivity index (χ3v) is 6.02. The summed E-state index contributed by atoms with van der Waals surface area (Å²) in [5.74, 6) is 0.697. The topological polar surface area (TPSA) is 46.5 Å². The summed E-state index contributed by atoms with van der Waals surface area (Å²) in [6.45, 7) is 19.0. The lowest BCUT2D eigenvalue weighted by Crippen LogP contribution is -2.18. The summed E-state index contributed by atoms with van der Waals surface area (Å²) < 4.78 is 5.93. The average Bonchev–Trinajstić information content (AvgIpc) is 2.67. The van der Waals surface area contributed by atoms with Crippen molar-refractivity contribution >= 4 is 5.97 Å². The minimum Gasteiger partial charge on any atom is -0.507 e. The molecular weight excluding hydrogens is 396 g/mol. The Morgan fingerprint density at radius 1 is 0.906 bits per heavy atom. The van der Waals surface area contributed by atoms with Crippen LogP contribution < -0.4 is 4.74 Å². The number of rotatable bonds is 7. The van der Waals surface area contributed by atoms with Gasteiger partial charge in [-0.25, -0.2) is 0 Å². The normalized spacial score (nSPS) is 12.2. The van der Waals surface area contributed by atoms with Crippen molar-refractivity contribution in [2.24, 2.45) is 0 Å². The van der Waals surface area contributed by atoms with Crippen LogP contribution in [0.15, 0.2) is 24.3 Å². The van der Waals surface area contributed by atoms with E-state index >= 15 is 0 Å². The van der Waals surface area contributed by atoms with E-state index in [2.05, 4.69) is 60.6 Å². The summed E-state index contributed by atoms with van der Waals surface area (Å²) in [4.78, 5) is 12.8. The van der Waals surface area contributed by atoms with Gasteiger partial charge in [0, 0.05) is 5.56 Å². The molecule has 3 nitrogen and oxygen atoms in total. The van der Waals surface area contributed by atoms with Crippen LogP contribution in [-0.2, 0) is 28.5 Å². The van der Waals surface area contributed by atoms with Crippen LogP contribution in [0.1, 0.15) is 101 Å². The molecule has 0 heterocycles. The molecule has 0 saturated heterocycles. The molecule has 2 rings (SSSR count). The fourth-order valence-corrected chi connectivity index (χ4v) is 3.94. The molecule has 0 bridgehead atoms. The van der Waals surface area contributed by atoms with E-state index in [9.17, 15) is 9.90 Å². The van der Waals surface area contributed by atoms with E-state index in [4.69, 9.17) is 4.74 Å². The highest BCUT2D eigenvalue weighted by Gasteiger charge is 2.24. The van der Waals surface area contributed by atoms with Crippen LogP contribution in [0.2, 0.25) is 0 Å². The first-order chi connectivity index (χ1) is 14.7. The first-order valence-corrected chi connectivity index (χ1v) is 11.9. The van der Waals surface area contributed by atoms with E-state index in [-0.39, 0.29) is 29.0 Å². The van der Waals surface area contributed by atoms with Gasteiger partial charge in [0.2, 0.25) is 0 Å². The first-order valence-electron chi connectivity index (χ1n) is 11.9. The van der Waals surface area contributed by atoms with Gasteiger partial charge in [-0.2, -0.15) is 0 Å². The molecule has 0 radical (unpaired) electrons. The highest BCUT2D eigenvalue weighted by molar-refractivity contribution is 5.74. The molecule has 0 aromatic heterocycles. The van der Waals surface area contributed by atoms with Gasteiger partial charge in [-0.15, -0.1) is 0 Å². The third-order valence-electron chi connectivity index (χ3n) is 6.02. The Labute approximate surface area is 195 Å². The molecule has 0 aliphatic heterocycles. The van der Waals surface area contributed by atoms with Gasteiger partial charge in [0.25, 0.3) is 0 Å². The quantitative estimate of drug-likeness (QED) is 0.360. The Hall–Kier alpha value is -2.29. The molecule has 32 heavy (non-hydrogen) atoms. The van der Waals surface area contributed by atoms with Crippen molar-refractivity contribution in [3.63, 3.8) is 0 Å².